The van der Waals surface area contributed by atoms with Crippen molar-refractivity contribution >= 4 is 6.29 Å². The van der Waals surface area contributed by atoms with Gasteiger partial charge in [0.25, 0.3) is 0 Å². The molecule has 0 amide bonds. The van der Waals surface area contributed by atoms with Gasteiger partial charge >= 0.3 is 0 Å². The van der Waals surface area contributed by atoms with E-state index in [9.17, 15) is 9.18 Å². The molecule has 1 aromatic heterocycles. The largest absolute Gasteiger partial charge is 0.497 e. The number of methoxy groups -OCH3 is 1. The van der Waals surface area contributed by atoms with E-state index < -0.39 is 5.82 Å². The molecule has 0 bridgehead atoms. The smallest absolute Gasteiger partial charge is 0.150 e. The second-order valence-corrected chi connectivity index (χ2v) is 3.46. The van der Waals surface area contributed by atoms with Crippen LogP contribution >= 0.6 is 0 Å². The second kappa shape index (κ2) is 4.74. The molecule has 0 spiro atoms. The molecule has 0 fully saturated rings. The third kappa shape index (κ3) is 2.30. The summed E-state index contributed by atoms with van der Waals surface area (Å²) in [4.78, 5) is 14.7. The minimum atomic E-state index is -0.442. The number of rotatable bonds is 3. The van der Waals surface area contributed by atoms with Crippen molar-refractivity contribution in [2.75, 3.05) is 7.11 Å². The Kier molecular flexibility index (Phi) is 3.14. The average molecular weight is 231 g/mol. The molecule has 86 valence electrons. The number of hydrogen-bond acceptors (Lipinski definition) is 3. The van der Waals surface area contributed by atoms with Gasteiger partial charge in [0.15, 0.2) is 6.29 Å². The van der Waals surface area contributed by atoms with E-state index >= 15 is 0 Å². The Morgan fingerprint density at radius 2 is 2.12 bits per heavy atom. The van der Waals surface area contributed by atoms with E-state index in [1.807, 2.05) is 0 Å². The van der Waals surface area contributed by atoms with Crippen LogP contribution in [0.4, 0.5) is 4.39 Å². The number of carbonyl (C=O) groups is 1. The van der Waals surface area contributed by atoms with E-state index in [4.69, 9.17) is 4.74 Å². The van der Waals surface area contributed by atoms with Crippen LogP contribution in [-0.2, 0) is 0 Å². The van der Waals surface area contributed by atoms with Crippen molar-refractivity contribution in [3.63, 3.8) is 0 Å². The van der Waals surface area contributed by atoms with E-state index in [-0.39, 0.29) is 0 Å². The highest BCUT2D eigenvalue weighted by molar-refractivity contribution is 5.88. The summed E-state index contributed by atoms with van der Waals surface area (Å²) < 4.78 is 18.2. The SMILES string of the molecule is COc1ccc(C=O)c(-c2cncc(F)c2)c1. The summed E-state index contributed by atoms with van der Waals surface area (Å²) in [5.41, 5.74) is 1.62. The highest BCUT2D eigenvalue weighted by Gasteiger charge is 2.07. The Morgan fingerprint density at radius 1 is 1.29 bits per heavy atom. The van der Waals surface area contributed by atoms with Crippen LogP contribution < -0.4 is 4.74 Å². The number of pyridine rings is 1. The Hall–Kier alpha value is -2.23. The maximum absolute atomic E-state index is 13.1. The molecule has 0 aliphatic rings. The molecule has 4 heteroatoms. The molecular weight excluding hydrogens is 221 g/mol. The van der Waals surface area contributed by atoms with Crippen LogP contribution in [-0.4, -0.2) is 18.4 Å². The first-order valence-corrected chi connectivity index (χ1v) is 4.98. The molecule has 0 saturated carbocycles. The normalized spacial score (nSPS) is 10.0. The summed E-state index contributed by atoms with van der Waals surface area (Å²) >= 11 is 0. The molecule has 0 aliphatic carbocycles. The fourth-order valence-corrected chi connectivity index (χ4v) is 1.57. The molecule has 1 heterocycles. The quantitative estimate of drug-likeness (QED) is 0.762. The van der Waals surface area contributed by atoms with Crippen LogP contribution in [0.1, 0.15) is 10.4 Å². The van der Waals surface area contributed by atoms with Crippen molar-refractivity contribution in [3.05, 3.63) is 48.0 Å². The van der Waals surface area contributed by atoms with Crippen LogP contribution in [0.15, 0.2) is 36.7 Å². The first-order valence-electron chi connectivity index (χ1n) is 4.98. The predicted octanol–water partition coefficient (Wildman–Crippen LogP) is 2.71. The Morgan fingerprint density at radius 3 is 2.76 bits per heavy atom. The van der Waals surface area contributed by atoms with Crippen LogP contribution in [0.25, 0.3) is 11.1 Å². The van der Waals surface area contributed by atoms with E-state index in [0.29, 0.717) is 22.4 Å². The molecule has 3 nitrogen and oxygen atoms in total. The van der Waals surface area contributed by atoms with Gasteiger partial charge in [0.1, 0.15) is 11.6 Å². The molecule has 0 aliphatic heterocycles. The van der Waals surface area contributed by atoms with Gasteiger partial charge in [-0.05, 0) is 29.8 Å². The molecule has 0 saturated heterocycles. The van der Waals surface area contributed by atoms with Gasteiger partial charge in [-0.2, -0.15) is 0 Å². The highest BCUT2D eigenvalue weighted by atomic mass is 19.1. The molecule has 17 heavy (non-hydrogen) atoms. The van der Waals surface area contributed by atoms with E-state index in [1.54, 1.807) is 18.2 Å². The number of ether oxygens (including phenoxy) is 1. The van der Waals surface area contributed by atoms with Gasteiger partial charge in [0, 0.05) is 17.3 Å². The first kappa shape index (κ1) is 11.3. The zero-order valence-electron chi connectivity index (χ0n) is 9.18. The summed E-state index contributed by atoms with van der Waals surface area (Å²) in [6.07, 6.45) is 3.34. The van der Waals surface area contributed by atoms with Crippen molar-refractivity contribution in [2.24, 2.45) is 0 Å². The molecule has 2 aromatic rings. The third-order valence-corrected chi connectivity index (χ3v) is 2.40. The number of nitrogens with zero attached hydrogens (tertiary/aromatic N) is 1. The maximum Gasteiger partial charge on any atom is 0.150 e. The molecule has 0 unspecified atom stereocenters. The van der Waals surface area contributed by atoms with Crippen molar-refractivity contribution in [3.8, 4) is 16.9 Å². The van der Waals surface area contributed by atoms with Gasteiger partial charge in [0.2, 0.25) is 0 Å². The lowest BCUT2D eigenvalue weighted by Crippen LogP contribution is -1.91. The zero-order chi connectivity index (χ0) is 12.3. The van der Waals surface area contributed by atoms with Crippen LogP contribution in [0.5, 0.6) is 5.75 Å². The molecule has 2 rings (SSSR count). The fourth-order valence-electron chi connectivity index (χ4n) is 1.57. The minimum Gasteiger partial charge on any atom is -0.497 e. The van der Waals surface area contributed by atoms with Crippen LogP contribution in [0.3, 0.4) is 0 Å². The highest BCUT2D eigenvalue weighted by Crippen LogP contribution is 2.26. The molecule has 0 radical (unpaired) electrons. The molecule has 0 N–H and O–H groups in total. The van der Waals surface area contributed by atoms with E-state index in [2.05, 4.69) is 4.98 Å². The number of aldehydes is 1. The van der Waals surface area contributed by atoms with Gasteiger partial charge in [-0.3, -0.25) is 9.78 Å². The van der Waals surface area contributed by atoms with Gasteiger partial charge in [-0.1, -0.05) is 0 Å². The van der Waals surface area contributed by atoms with Crippen LogP contribution in [0.2, 0.25) is 0 Å². The summed E-state index contributed by atoms with van der Waals surface area (Å²) in [6, 6.07) is 6.32. The van der Waals surface area contributed by atoms with Crippen molar-refractivity contribution in [1.82, 2.24) is 4.98 Å². The average Bonchev–Trinajstić information content (AvgIpc) is 2.38. The Labute approximate surface area is 97.9 Å². The summed E-state index contributed by atoms with van der Waals surface area (Å²) in [6.45, 7) is 0. The van der Waals surface area contributed by atoms with E-state index in [1.165, 1.54) is 19.4 Å². The van der Waals surface area contributed by atoms with Gasteiger partial charge in [-0.15, -0.1) is 0 Å². The fraction of sp³-hybridized carbons (Fsp3) is 0.0769. The van der Waals surface area contributed by atoms with Crippen LogP contribution in [0, 0.1) is 5.82 Å². The first-order chi connectivity index (χ1) is 8.24. The minimum absolute atomic E-state index is 0.442. The number of hydrogen-bond donors (Lipinski definition) is 0. The lowest BCUT2D eigenvalue weighted by Gasteiger charge is -2.07. The number of aromatic nitrogens is 1. The van der Waals surface area contributed by atoms with Crippen molar-refractivity contribution < 1.29 is 13.9 Å². The van der Waals surface area contributed by atoms with Crippen molar-refractivity contribution in [2.45, 2.75) is 0 Å². The lowest BCUT2D eigenvalue weighted by molar-refractivity contribution is 0.112. The Bertz CT molecular complexity index is 555. The van der Waals surface area contributed by atoms with Gasteiger partial charge < -0.3 is 4.74 Å². The van der Waals surface area contributed by atoms with Crippen molar-refractivity contribution in [1.29, 1.82) is 0 Å². The number of halogens is 1. The summed E-state index contributed by atoms with van der Waals surface area (Å²) in [5, 5.41) is 0. The monoisotopic (exact) mass is 231 g/mol. The second-order valence-electron chi connectivity index (χ2n) is 3.46. The third-order valence-electron chi connectivity index (χ3n) is 2.40. The van der Waals surface area contributed by atoms with Gasteiger partial charge in [-0.25, -0.2) is 4.39 Å². The number of carbonyl (C=O) groups excluding carboxylic acids is 1. The predicted molar refractivity (Wildman–Crippen MR) is 61.6 cm³/mol. The molecule has 1 aromatic carbocycles. The lowest BCUT2D eigenvalue weighted by atomic mass is 10.0. The summed E-state index contributed by atoms with van der Waals surface area (Å²) in [7, 11) is 1.53. The topological polar surface area (TPSA) is 39.2 Å². The zero-order valence-corrected chi connectivity index (χ0v) is 9.18. The maximum atomic E-state index is 13.1. The Balaban J connectivity index is 2.59. The van der Waals surface area contributed by atoms with Gasteiger partial charge in [0.05, 0.1) is 13.3 Å². The molecular formula is C13H10FNO2. The number of benzene rings is 1. The molecule has 0 atom stereocenters. The van der Waals surface area contributed by atoms with E-state index in [0.717, 1.165) is 12.5 Å². The summed E-state index contributed by atoms with van der Waals surface area (Å²) in [5.74, 6) is 0.164. The standard InChI is InChI=1S/C13H10FNO2/c1-17-12-3-2-9(8-16)13(5-12)10-4-11(14)7-15-6-10/h2-8H,1H3.